The molecular formula is C21H31BrN2O3. The lowest BCUT2D eigenvalue weighted by molar-refractivity contribution is -0.125. The quantitative estimate of drug-likeness (QED) is 0.708. The SMILES string of the molecule is CC(C)(C)OC(=O)NC1CCC(C(=O)NCC(C)(C)c2cccc(Br)c2)C1. The number of carbonyl (C=O) groups is 2. The zero-order valence-electron chi connectivity index (χ0n) is 16.9. The molecule has 2 N–H and O–H groups in total. The van der Waals surface area contributed by atoms with Crippen molar-refractivity contribution >= 4 is 27.9 Å². The van der Waals surface area contributed by atoms with Gasteiger partial charge in [0.05, 0.1) is 0 Å². The molecule has 0 radical (unpaired) electrons. The number of rotatable bonds is 5. The van der Waals surface area contributed by atoms with Crippen molar-refractivity contribution in [3.63, 3.8) is 0 Å². The summed E-state index contributed by atoms with van der Waals surface area (Å²) in [5.74, 6) is -0.00481. The zero-order valence-corrected chi connectivity index (χ0v) is 18.5. The van der Waals surface area contributed by atoms with E-state index >= 15 is 0 Å². The van der Waals surface area contributed by atoms with Gasteiger partial charge < -0.3 is 15.4 Å². The minimum Gasteiger partial charge on any atom is -0.444 e. The summed E-state index contributed by atoms with van der Waals surface area (Å²) in [7, 11) is 0. The van der Waals surface area contributed by atoms with E-state index in [0.717, 1.165) is 17.3 Å². The summed E-state index contributed by atoms with van der Waals surface area (Å²) in [5, 5.41) is 5.98. The second kappa shape index (κ2) is 8.63. The van der Waals surface area contributed by atoms with E-state index in [9.17, 15) is 9.59 Å². The van der Waals surface area contributed by atoms with Gasteiger partial charge >= 0.3 is 6.09 Å². The highest BCUT2D eigenvalue weighted by Gasteiger charge is 2.32. The largest absolute Gasteiger partial charge is 0.444 e. The number of alkyl carbamates (subject to hydrolysis) is 1. The zero-order chi connectivity index (χ0) is 20.2. The van der Waals surface area contributed by atoms with Gasteiger partial charge in [0.25, 0.3) is 0 Å². The smallest absolute Gasteiger partial charge is 0.407 e. The third kappa shape index (κ3) is 6.83. The maximum absolute atomic E-state index is 12.6. The maximum Gasteiger partial charge on any atom is 0.407 e. The van der Waals surface area contributed by atoms with E-state index < -0.39 is 11.7 Å². The van der Waals surface area contributed by atoms with Gasteiger partial charge in [-0.25, -0.2) is 4.79 Å². The van der Waals surface area contributed by atoms with Gasteiger partial charge in [-0.3, -0.25) is 4.79 Å². The van der Waals surface area contributed by atoms with Crippen molar-refractivity contribution in [1.29, 1.82) is 0 Å². The minimum absolute atomic E-state index is 0.00584. The predicted octanol–water partition coefficient (Wildman–Crippen LogP) is 4.54. The third-order valence-electron chi connectivity index (χ3n) is 4.83. The summed E-state index contributed by atoms with van der Waals surface area (Å²) in [4.78, 5) is 24.5. The molecule has 0 spiro atoms. The Hall–Kier alpha value is -1.56. The Morgan fingerprint density at radius 1 is 1.19 bits per heavy atom. The molecule has 150 valence electrons. The molecule has 5 nitrogen and oxygen atoms in total. The van der Waals surface area contributed by atoms with Crippen LogP contribution in [-0.2, 0) is 14.9 Å². The molecular weight excluding hydrogens is 408 g/mol. The Bertz CT molecular complexity index is 682. The van der Waals surface area contributed by atoms with Crippen molar-refractivity contribution in [1.82, 2.24) is 10.6 Å². The molecule has 6 heteroatoms. The van der Waals surface area contributed by atoms with E-state index in [1.165, 1.54) is 5.56 Å². The Morgan fingerprint density at radius 3 is 2.52 bits per heavy atom. The first kappa shape index (κ1) is 21.7. The van der Waals surface area contributed by atoms with Gasteiger partial charge in [-0.15, -0.1) is 0 Å². The second-order valence-electron chi connectivity index (χ2n) is 8.97. The molecule has 2 unspecified atom stereocenters. The van der Waals surface area contributed by atoms with Gasteiger partial charge in [0, 0.05) is 28.4 Å². The van der Waals surface area contributed by atoms with Crippen molar-refractivity contribution < 1.29 is 14.3 Å². The standard InChI is InChI=1S/C21H31BrN2O3/c1-20(2,3)27-19(26)24-17-10-9-14(11-17)18(25)23-13-21(4,5)15-7-6-8-16(22)12-15/h6-8,12,14,17H,9-11,13H2,1-5H3,(H,23,25)(H,24,26). The second-order valence-corrected chi connectivity index (χ2v) is 9.88. The predicted molar refractivity (Wildman–Crippen MR) is 111 cm³/mol. The summed E-state index contributed by atoms with van der Waals surface area (Å²) in [6.07, 6.45) is 1.82. The highest BCUT2D eigenvalue weighted by Crippen LogP contribution is 2.28. The summed E-state index contributed by atoms with van der Waals surface area (Å²) in [6, 6.07) is 8.16. The Morgan fingerprint density at radius 2 is 1.89 bits per heavy atom. The fourth-order valence-corrected chi connectivity index (χ4v) is 3.69. The van der Waals surface area contributed by atoms with Gasteiger partial charge in [0.2, 0.25) is 5.91 Å². The number of carbonyl (C=O) groups excluding carboxylic acids is 2. The number of nitrogens with one attached hydrogen (secondary N) is 2. The number of halogens is 1. The average molecular weight is 439 g/mol. The van der Waals surface area contributed by atoms with E-state index in [-0.39, 0.29) is 23.3 Å². The lowest BCUT2D eigenvalue weighted by atomic mass is 9.84. The van der Waals surface area contributed by atoms with Crippen LogP contribution in [-0.4, -0.2) is 30.2 Å². The van der Waals surface area contributed by atoms with Gasteiger partial charge in [-0.05, 0) is 57.7 Å². The summed E-state index contributed by atoms with van der Waals surface area (Å²) < 4.78 is 6.33. The molecule has 1 aliphatic carbocycles. The lowest BCUT2D eigenvalue weighted by Crippen LogP contribution is -2.40. The number of benzene rings is 1. The fraction of sp³-hybridized carbons (Fsp3) is 0.619. The van der Waals surface area contributed by atoms with E-state index in [1.807, 2.05) is 32.9 Å². The summed E-state index contributed by atoms with van der Waals surface area (Å²) in [5.41, 5.74) is 0.497. The molecule has 0 saturated heterocycles. The third-order valence-corrected chi connectivity index (χ3v) is 5.33. The van der Waals surface area contributed by atoms with Gasteiger partial charge in [-0.1, -0.05) is 41.9 Å². The number of hydrogen-bond acceptors (Lipinski definition) is 3. The van der Waals surface area contributed by atoms with E-state index in [4.69, 9.17) is 4.74 Å². The molecule has 27 heavy (non-hydrogen) atoms. The molecule has 0 aromatic heterocycles. The average Bonchev–Trinajstić information content (AvgIpc) is 2.99. The van der Waals surface area contributed by atoms with Crippen molar-refractivity contribution in [3.8, 4) is 0 Å². The van der Waals surface area contributed by atoms with Crippen LogP contribution in [0.1, 0.15) is 59.4 Å². The van der Waals surface area contributed by atoms with Crippen LogP contribution in [0.25, 0.3) is 0 Å². The number of ether oxygens (including phenoxy) is 1. The number of hydrogen-bond donors (Lipinski definition) is 2. The Balaban J connectivity index is 1.82. The highest BCUT2D eigenvalue weighted by molar-refractivity contribution is 9.10. The molecule has 1 saturated carbocycles. The number of amides is 2. The fourth-order valence-electron chi connectivity index (χ4n) is 3.29. The first-order chi connectivity index (χ1) is 12.5. The molecule has 1 fully saturated rings. The molecule has 0 aliphatic heterocycles. The molecule has 0 bridgehead atoms. The van der Waals surface area contributed by atoms with E-state index in [1.54, 1.807) is 0 Å². The van der Waals surface area contributed by atoms with Crippen LogP contribution in [0.3, 0.4) is 0 Å². The maximum atomic E-state index is 12.6. The minimum atomic E-state index is -0.516. The molecule has 2 atom stereocenters. The Labute approximate surface area is 170 Å². The van der Waals surface area contributed by atoms with Crippen molar-refractivity contribution in [3.05, 3.63) is 34.3 Å². The normalized spacial score (nSPS) is 20.2. The van der Waals surface area contributed by atoms with Gasteiger partial charge in [0.1, 0.15) is 5.60 Å². The molecule has 0 heterocycles. The molecule has 2 rings (SSSR count). The van der Waals surface area contributed by atoms with Crippen molar-refractivity contribution in [2.24, 2.45) is 5.92 Å². The monoisotopic (exact) mass is 438 g/mol. The molecule has 2 amide bonds. The van der Waals surface area contributed by atoms with E-state index in [0.29, 0.717) is 13.0 Å². The van der Waals surface area contributed by atoms with Crippen LogP contribution in [0.15, 0.2) is 28.7 Å². The van der Waals surface area contributed by atoms with Crippen LogP contribution in [0, 0.1) is 5.92 Å². The van der Waals surface area contributed by atoms with Crippen LogP contribution < -0.4 is 10.6 Å². The first-order valence-electron chi connectivity index (χ1n) is 9.49. The van der Waals surface area contributed by atoms with Crippen LogP contribution in [0.2, 0.25) is 0 Å². The highest BCUT2D eigenvalue weighted by atomic mass is 79.9. The van der Waals surface area contributed by atoms with E-state index in [2.05, 4.69) is 52.5 Å². The van der Waals surface area contributed by atoms with Crippen molar-refractivity contribution in [2.45, 2.75) is 70.9 Å². The Kier molecular flexibility index (Phi) is 6.95. The molecule has 1 aromatic rings. The molecule has 1 aromatic carbocycles. The van der Waals surface area contributed by atoms with Crippen LogP contribution in [0.5, 0.6) is 0 Å². The van der Waals surface area contributed by atoms with Crippen LogP contribution >= 0.6 is 15.9 Å². The summed E-state index contributed by atoms with van der Waals surface area (Å²) >= 11 is 3.50. The summed E-state index contributed by atoms with van der Waals surface area (Å²) in [6.45, 7) is 10.3. The topological polar surface area (TPSA) is 67.4 Å². The van der Waals surface area contributed by atoms with Crippen molar-refractivity contribution in [2.75, 3.05) is 6.54 Å². The van der Waals surface area contributed by atoms with Gasteiger partial charge in [-0.2, -0.15) is 0 Å². The van der Waals surface area contributed by atoms with Gasteiger partial charge in [0.15, 0.2) is 0 Å². The molecule has 1 aliphatic rings. The van der Waals surface area contributed by atoms with Crippen LogP contribution in [0.4, 0.5) is 4.79 Å². The lowest BCUT2D eigenvalue weighted by Gasteiger charge is -2.26. The first-order valence-corrected chi connectivity index (χ1v) is 10.3.